The smallest absolute Gasteiger partial charge is 0.325 e. The topological polar surface area (TPSA) is 106 Å². The molecule has 2 saturated heterocycles. The van der Waals surface area contributed by atoms with Gasteiger partial charge in [0.2, 0.25) is 5.91 Å². The van der Waals surface area contributed by atoms with Gasteiger partial charge in [-0.3, -0.25) is 14.5 Å². The molecule has 2 aromatic carbocycles. The number of benzene rings is 2. The number of carbonyl (C=O) groups excluding carboxylic acids is 3. The van der Waals surface area contributed by atoms with E-state index >= 15 is 0 Å². The summed E-state index contributed by atoms with van der Waals surface area (Å²) in [6, 6.07) is 15.4. The lowest BCUT2D eigenvalue weighted by Crippen LogP contribution is -2.42. The van der Waals surface area contributed by atoms with Crippen molar-refractivity contribution in [2.75, 3.05) is 29.9 Å². The fourth-order valence-electron chi connectivity index (χ4n) is 4.17. The van der Waals surface area contributed by atoms with Crippen molar-refractivity contribution in [3.63, 3.8) is 0 Å². The number of carbonyl (C=O) groups is 3. The lowest BCUT2D eigenvalue weighted by Gasteiger charge is -2.28. The van der Waals surface area contributed by atoms with Gasteiger partial charge in [0, 0.05) is 24.5 Å². The van der Waals surface area contributed by atoms with E-state index in [-0.39, 0.29) is 6.54 Å². The third kappa shape index (κ3) is 4.14. The first-order valence-electron chi connectivity index (χ1n) is 10.7. The Hall–Kier alpha value is -3.86. The fourth-order valence-corrected chi connectivity index (χ4v) is 4.17. The molecule has 8 nitrogen and oxygen atoms in total. The van der Waals surface area contributed by atoms with E-state index in [1.807, 2.05) is 30.3 Å². The average Bonchev–Trinajstić information content (AvgIpc) is 3.04. The number of anilines is 2. The normalized spacial score (nSPS) is 20.6. The molecule has 8 heteroatoms. The second-order valence-electron chi connectivity index (χ2n) is 8.28. The molecule has 0 saturated carbocycles. The molecule has 2 aliphatic rings. The van der Waals surface area contributed by atoms with Gasteiger partial charge in [0.1, 0.15) is 12.1 Å². The summed E-state index contributed by atoms with van der Waals surface area (Å²) >= 11 is 0. The highest BCUT2D eigenvalue weighted by Gasteiger charge is 2.49. The van der Waals surface area contributed by atoms with Gasteiger partial charge in [0.25, 0.3) is 5.91 Å². The zero-order chi connectivity index (χ0) is 22.7. The van der Waals surface area contributed by atoms with Crippen LogP contribution in [0.3, 0.4) is 0 Å². The third-order valence-corrected chi connectivity index (χ3v) is 6.04. The standard InChI is InChI=1S/C24H25N5O3/c1-24(18-7-5-17(15-25)6-8-18)22(31)29(23(32)27-24)16-21(30)26-19-9-11-20(12-10-19)28-13-3-2-4-14-28/h5-12H,2-4,13-14,16H2,1H3,(H,26,30)(H,27,32). The Kier molecular flexibility index (Phi) is 5.82. The van der Waals surface area contributed by atoms with Crippen molar-refractivity contribution in [1.29, 1.82) is 5.26 Å². The molecule has 1 unspecified atom stereocenters. The number of nitriles is 1. The Morgan fingerprint density at radius 2 is 1.72 bits per heavy atom. The predicted molar refractivity (Wildman–Crippen MR) is 120 cm³/mol. The van der Waals surface area contributed by atoms with E-state index in [1.165, 1.54) is 19.3 Å². The van der Waals surface area contributed by atoms with Crippen LogP contribution in [0.1, 0.15) is 37.3 Å². The van der Waals surface area contributed by atoms with E-state index in [9.17, 15) is 14.4 Å². The van der Waals surface area contributed by atoms with Crippen molar-refractivity contribution in [1.82, 2.24) is 10.2 Å². The first kappa shape index (κ1) is 21.4. The van der Waals surface area contributed by atoms with Gasteiger partial charge < -0.3 is 15.5 Å². The molecule has 0 aromatic heterocycles. The van der Waals surface area contributed by atoms with Crippen LogP contribution in [0.15, 0.2) is 48.5 Å². The van der Waals surface area contributed by atoms with Gasteiger partial charge in [0.05, 0.1) is 11.6 Å². The van der Waals surface area contributed by atoms with Crippen molar-refractivity contribution in [2.45, 2.75) is 31.7 Å². The van der Waals surface area contributed by atoms with Crippen LogP contribution in [-0.4, -0.2) is 42.4 Å². The third-order valence-electron chi connectivity index (χ3n) is 6.04. The molecule has 0 spiro atoms. The molecule has 0 radical (unpaired) electrons. The van der Waals surface area contributed by atoms with E-state index in [0.717, 1.165) is 23.7 Å². The average molecular weight is 431 g/mol. The van der Waals surface area contributed by atoms with Gasteiger partial charge in [0.15, 0.2) is 0 Å². The summed E-state index contributed by atoms with van der Waals surface area (Å²) in [7, 11) is 0. The zero-order valence-electron chi connectivity index (χ0n) is 17.9. The maximum absolute atomic E-state index is 13.0. The molecule has 2 aromatic rings. The van der Waals surface area contributed by atoms with Crippen LogP contribution in [0, 0.1) is 11.3 Å². The van der Waals surface area contributed by atoms with Crippen LogP contribution in [-0.2, 0) is 15.1 Å². The van der Waals surface area contributed by atoms with E-state index in [0.29, 0.717) is 16.8 Å². The number of amides is 4. The Labute approximate surface area is 186 Å². The second-order valence-corrected chi connectivity index (χ2v) is 8.28. The van der Waals surface area contributed by atoms with Crippen molar-refractivity contribution >= 4 is 29.2 Å². The summed E-state index contributed by atoms with van der Waals surface area (Å²) in [5, 5.41) is 14.4. The summed E-state index contributed by atoms with van der Waals surface area (Å²) in [5.41, 5.74) is 1.44. The zero-order valence-corrected chi connectivity index (χ0v) is 17.9. The molecule has 0 aliphatic carbocycles. The van der Waals surface area contributed by atoms with Gasteiger partial charge in [-0.15, -0.1) is 0 Å². The first-order valence-corrected chi connectivity index (χ1v) is 10.7. The number of urea groups is 1. The number of nitrogens with zero attached hydrogens (tertiary/aromatic N) is 3. The summed E-state index contributed by atoms with van der Waals surface area (Å²) in [5.74, 6) is -0.967. The minimum absolute atomic E-state index is 0.385. The second kappa shape index (κ2) is 8.71. The minimum atomic E-state index is -1.29. The molecule has 4 amide bonds. The number of piperidine rings is 1. The molecule has 164 valence electrons. The quantitative estimate of drug-likeness (QED) is 0.708. The van der Waals surface area contributed by atoms with Crippen LogP contribution in [0.5, 0.6) is 0 Å². The van der Waals surface area contributed by atoms with Gasteiger partial charge in [-0.25, -0.2) is 4.79 Å². The van der Waals surface area contributed by atoms with E-state index in [4.69, 9.17) is 5.26 Å². The lowest BCUT2D eigenvalue weighted by atomic mass is 9.91. The monoisotopic (exact) mass is 431 g/mol. The maximum atomic E-state index is 13.0. The number of nitrogens with one attached hydrogen (secondary N) is 2. The Bertz CT molecular complexity index is 1070. The molecule has 4 rings (SSSR count). The molecule has 2 heterocycles. The van der Waals surface area contributed by atoms with Crippen molar-refractivity contribution in [2.24, 2.45) is 0 Å². The number of hydrogen-bond donors (Lipinski definition) is 2. The predicted octanol–water partition coefficient (Wildman–Crippen LogP) is 2.95. The summed E-state index contributed by atoms with van der Waals surface area (Å²) in [4.78, 5) is 41.2. The van der Waals surface area contributed by atoms with Gasteiger partial charge in [-0.05, 0) is 68.1 Å². The number of hydrogen-bond acceptors (Lipinski definition) is 5. The molecule has 1 atom stereocenters. The minimum Gasteiger partial charge on any atom is -0.372 e. The summed E-state index contributed by atoms with van der Waals surface area (Å²) in [6.45, 7) is 3.28. The van der Waals surface area contributed by atoms with Gasteiger partial charge >= 0.3 is 6.03 Å². The highest BCUT2D eigenvalue weighted by Crippen LogP contribution is 2.29. The molecule has 2 aliphatic heterocycles. The highest BCUT2D eigenvalue weighted by molar-refractivity contribution is 6.10. The molecular formula is C24H25N5O3. The van der Waals surface area contributed by atoms with Crippen LogP contribution in [0.4, 0.5) is 16.2 Å². The Balaban J connectivity index is 1.40. The Morgan fingerprint density at radius 1 is 1.06 bits per heavy atom. The maximum Gasteiger partial charge on any atom is 0.325 e. The first-order chi connectivity index (χ1) is 15.4. The number of rotatable bonds is 5. The van der Waals surface area contributed by atoms with E-state index < -0.39 is 23.4 Å². The highest BCUT2D eigenvalue weighted by atomic mass is 16.2. The van der Waals surface area contributed by atoms with Crippen molar-refractivity contribution in [3.8, 4) is 6.07 Å². The molecular weight excluding hydrogens is 406 g/mol. The van der Waals surface area contributed by atoms with Gasteiger partial charge in [-0.2, -0.15) is 5.26 Å². The van der Waals surface area contributed by atoms with E-state index in [1.54, 1.807) is 31.2 Å². The molecule has 2 N–H and O–H groups in total. The van der Waals surface area contributed by atoms with Crippen LogP contribution >= 0.6 is 0 Å². The van der Waals surface area contributed by atoms with E-state index in [2.05, 4.69) is 15.5 Å². The number of imide groups is 1. The SMILES string of the molecule is CC1(c2ccc(C#N)cc2)NC(=O)N(CC(=O)Nc2ccc(N3CCCCC3)cc2)C1=O. The van der Waals surface area contributed by atoms with Crippen LogP contribution in [0.25, 0.3) is 0 Å². The summed E-state index contributed by atoms with van der Waals surface area (Å²) < 4.78 is 0. The van der Waals surface area contributed by atoms with Crippen LogP contribution in [0.2, 0.25) is 0 Å². The van der Waals surface area contributed by atoms with Gasteiger partial charge in [-0.1, -0.05) is 12.1 Å². The fraction of sp³-hybridized carbons (Fsp3) is 0.333. The molecule has 0 bridgehead atoms. The molecule has 2 fully saturated rings. The Morgan fingerprint density at radius 3 is 2.34 bits per heavy atom. The molecule has 32 heavy (non-hydrogen) atoms. The lowest BCUT2D eigenvalue weighted by molar-refractivity contribution is -0.133. The van der Waals surface area contributed by atoms with Crippen molar-refractivity contribution < 1.29 is 14.4 Å². The van der Waals surface area contributed by atoms with Crippen LogP contribution < -0.4 is 15.5 Å². The summed E-state index contributed by atoms with van der Waals surface area (Å²) in [6.07, 6.45) is 3.63. The van der Waals surface area contributed by atoms with Crippen molar-refractivity contribution in [3.05, 3.63) is 59.7 Å². The largest absolute Gasteiger partial charge is 0.372 e.